The summed E-state index contributed by atoms with van der Waals surface area (Å²) >= 11 is 1.63. The molecule has 26 heavy (non-hydrogen) atoms. The van der Waals surface area contributed by atoms with Gasteiger partial charge in [-0.25, -0.2) is 0 Å². The maximum Gasteiger partial charge on any atom is 0.152 e. The van der Waals surface area contributed by atoms with Gasteiger partial charge in [-0.1, -0.05) is 12.1 Å². The lowest BCUT2D eigenvalue weighted by atomic mass is 10.1. The Labute approximate surface area is 155 Å². The molecule has 2 saturated heterocycles. The highest BCUT2D eigenvalue weighted by atomic mass is 32.1. The summed E-state index contributed by atoms with van der Waals surface area (Å²) in [6.45, 7) is 2.16. The van der Waals surface area contributed by atoms with Gasteiger partial charge in [0.2, 0.25) is 0 Å². The number of carbonyl (C=O) groups is 1. The SMILES string of the molecule is O=C(Cc1cc2cc(-c3cncs3)ccc2cn1)CN1C[C@H]2C[C@@H]1CO2. The zero-order valence-electron chi connectivity index (χ0n) is 14.3. The van der Waals surface area contributed by atoms with Crippen LogP contribution in [0.25, 0.3) is 21.2 Å². The second-order valence-electron chi connectivity index (χ2n) is 7.09. The molecule has 0 amide bonds. The van der Waals surface area contributed by atoms with E-state index in [1.54, 1.807) is 11.3 Å². The lowest BCUT2D eigenvalue weighted by Gasteiger charge is -2.25. The molecule has 5 rings (SSSR count). The first kappa shape index (κ1) is 16.1. The van der Waals surface area contributed by atoms with Crippen molar-refractivity contribution in [1.82, 2.24) is 14.9 Å². The van der Waals surface area contributed by atoms with E-state index in [0.29, 0.717) is 25.1 Å². The number of ketones is 1. The van der Waals surface area contributed by atoms with E-state index in [4.69, 9.17) is 4.74 Å². The lowest BCUT2D eigenvalue weighted by Crippen LogP contribution is -2.40. The van der Waals surface area contributed by atoms with E-state index in [1.807, 2.05) is 24.0 Å². The van der Waals surface area contributed by atoms with Gasteiger partial charge in [0, 0.05) is 36.1 Å². The number of carbonyl (C=O) groups excluding carboxylic acids is 1. The van der Waals surface area contributed by atoms with Crippen LogP contribution in [0.4, 0.5) is 0 Å². The number of thiazole rings is 1. The number of benzene rings is 1. The first-order valence-corrected chi connectivity index (χ1v) is 9.77. The molecule has 2 aliphatic rings. The zero-order valence-corrected chi connectivity index (χ0v) is 15.1. The van der Waals surface area contributed by atoms with E-state index >= 15 is 0 Å². The number of morpholine rings is 1. The molecule has 4 heterocycles. The van der Waals surface area contributed by atoms with Gasteiger partial charge in [0.1, 0.15) is 0 Å². The Morgan fingerprint density at radius 1 is 1.27 bits per heavy atom. The Morgan fingerprint density at radius 2 is 2.23 bits per heavy atom. The average molecular weight is 365 g/mol. The standard InChI is InChI=1S/C20H19N3O2S/c24-18(9-23-10-19-6-17(23)11-25-19)5-16-4-15-3-13(20-8-21-12-26-20)1-2-14(15)7-22-16/h1-4,7-8,12,17,19H,5-6,9-11H2/t17-,19-/m1/s1. The van der Waals surface area contributed by atoms with Crippen LogP contribution in [-0.2, 0) is 16.0 Å². The fourth-order valence-corrected chi connectivity index (χ4v) is 4.57. The monoisotopic (exact) mass is 365 g/mol. The molecule has 2 atom stereocenters. The maximum atomic E-state index is 12.5. The molecule has 0 spiro atoms. The van der Waals surface area contributed by atoms with Gasteiger partial charge in [-0.15, -0.1) is 11.3 Å². The molecule has 5 nitrogen and oxygen atoms in total. The van der Waals surface area contributed by atoms with Gasteiger partial charge in [-0.2, -0.15) is 0 Å². The van der Waals surface area contributed by atoms with Gasteiger partial charge in [0.05, 0.1) is 36.1 Å². The van der Waals surface area contributed by atoms with Gasteiger partial charge in [-0.3, -0.25) is 19.7 Å². The maximum absolute atomic E-state index is 12.5. The van der Waals surface area contributed by atoms with Crippen molar-refractivity contribution in [2.24, 2.45) is 0 Å². The predicted molar refractivity (Wildman–Crippen MR) is 101 cm³/mol. The lowest BCUT2D eigenvalue weighted by molar-refractivity contribution is -0.120. The molecule has 2 aromatic heterocycles. The minimum atomic E-state index is 0.225. The molecule has 0 radical (unpaired) electrons. The molecule has 2 fully saturated rings. The molecule has 6 heteroatoms. The van der Waals surface area contributed by atoms with E-state index < -0.39 is 0 Å². The summed E-state index contributed by atoms with van der Waals surface area (Å²) in [6.07, 6.45) is 5.53. The number of ether oxygens (including phenoxy) is 1. The number of rotatable bonds is 5. The quantitative estimate of drug-likeness (QED) is 0.696. The Balaban J connectivity index is 1.33. The van der Waals surface area contributed by atoms with Crippen molar-refractivity contribution < 1.29 is 9.53 Å². The van der Waals surface area contributed by atoms with E-state index in [2.05, 4.69) is 33.1 Å². The predicted octanol–water partition coefficient (Wildman–Crippen LogP) is 2.94. The fraction of sp³-hybridized carbons (Fsp3) is 0.350. The van der Waals surface area contributed by atoms with Crippen molar-refractivity contribution in [3.05, 3.63) is 47.9 Å². The molecular formula is C20H19N3O2S. The summed E-state index contributed by atoms with van der Waals surface area (Å²) in [5, 5.41) is 2.20. The number of aromatic nitrogens is 2. The molecular weight excluding hydrogens is 346 g/mol. The first-order valence-electron chi connectivity index (χ1n) is 8.89. The molecule has 0 N–H and O–H groups in total. The van der Waals surface area contributed by atoms with Crippen LogP contribution in [0.15, 0.2) is 42.2 Å². The number of Topliss-reactive ketones (excluding diaryl/α,β-unsaturated/α-hetero) is 1. The van der Waals surface area contributed by atoms with Crippen molar-refractivity contribution >= 4 is 27.9 Å². The molecule has 0 aliphatic carbocycles. The van der Waals surface area contributed by atoms with E-state index in [-0.39, 0.29) is 5.78 Å². The highest BCUT2D eigenvalue weighted by Gasteiger charge is 2.39. The van der Waals surface area contributed by atoms with Crippen LogP contribution < -0.4 is 0 Å². The van der Waals surface area contributed by atoms with Crippen LogP contribution >= 0.6 is 11.3 Å². The second-order valence-corrected chi connectivity index (χ2v) is 7.98. The second kappa shape index (κ2) is 6.54. The smallest absolute Gasteiger partial charge is 0.152 e. The fourth-order valence-electron chi connectivity index (χ4n) is 3.95. The number of likely N-dealkylation sites (tertiary alicyclic amines) is 1. The van der Waals surface area contributed by atoms with Crippen LogP contribution in [0, 0.1) is 0 Å². The van der Waals surface area contributed by atoms with Crippen molar-refractivity contribution in [2.75, 3.05) is 19.7 Å². The molecule has 0 unspecified atom stereocenters. The molecule has 2 bridgehead atoms. The minimum Gasteiger partial charge on any atom is -0.375 e. The van der Waals surface area contributed by atoms with Crippen molar-refractivity contribution in [1.29, 1.82) is 0 Å². The van der Waals surface area contributed by atoms with Gasteiger partial charge >= 0.3 is 0 Å². The number of nitrogens with zero attached hydrogens (tertiary/aromatic N) is 3. The largest absolute Gasteiger partial charge is 0.375 e. The Kier molecular flexibility index (Phi) is 4.04. The zero-order chi connectivity index (χ0) is 17.5. The highest BCUT2D eigenvalue weighted by molar-refractivity contribution is 7.13. The first-order chi connectivity index (χ1) is 12.7. The number of hydrogen-bond acceptors (Lipinski definition) is 6. The summed E-state index contributed by atoms with van der Waals surface area (Å²) < 4.78 is 5.60. The number of hydrogen-bond donors (Lipinski definition) is 0. The molecule has 1 aromatic carbocycles. The van der Waals surface area contributed by atoms with Crippen LogP contribution in [0.3, 0.4) is 0 Å². The van der Waals surface area contributed by atoms with E-state index in [1.165, 1.54) is 0 Å². The van der Waals surface area contributed by atoms with Crippen LogP contribution in [0.1, 0.15) is 12.1 Å². The Hall–Kier alpha value is -2.15. The summed E-state index contributed by atoms with van der Waals surface area (Å²) in [4.78, 5) is 24.6. The molecule has 0 saturated carbocycles. The Morgan fingerprint density at radius 3 is 3.00 bits per heavy atom. The third-order valence-electron chi connectivity index (χ3n) is 5.27. The normalized spacial score (nSPS) is 22.3. The Bertz CT molecular complexity index is 957. The molecule has 3 aromatic rings. The minimum absolute atomic E-state index is 0.225. The molecule has 132 valence electrons. The van der Waals surface area contributed by atoms with Crippen LogP contribution in [0.2, 0.25) is 0 Å². The number of fused-ring (bicyclic) bond motifs is 3. The average Bonchev–Trinajstić information content (AvgIpc) is 3.39. The number of pyridine rings is 1. The summed E-state index contributed by atoms with van der Waals surface area (Å²) in [7, 11) is 0. The third-order valence-corrected chi connectivity index (χ3v) is 6.09. The van der Waals surface area contributed by atoms with Crippen molar-refractivity contribution in [3.8, 4) is 10.4 Å². The topological polar surface area (TPSA) is 55.3 Å². The van der Waals surface area contributed by atoms with E-state index in [9.17, 15) is 4.79 Å². The van der Waals surface area contributed by atoms with Gasteiger partial charge in [-0.05, 0) is 29.5 Å². The van der Waals surface area contributed by atoms with Crippen LogP contribution in [-0.4, -0.2) is 52.5 Å². The van der Waals surface area contributed by atoms with Crippen molar-refractivity contribution in [2.45, 2.75) is 25.0 Å². The summed E-state index contributed by atoms with van der Waals surface area (Å²) in [6, 6.07) is 8.78. The van der Waals surface area contributed by atoms with Gasteiger partial charge in [0.25, 0.3) is 0 Å². The summed E-state index contributed by atoms with van der Waals surface area (Å²) in [5.74, 6) is 0.225. The van der Waals surface area contributed by atoms with Crippen molar-refractivity contribution in [3.63, 3.8) is 0 Å². The van der Waals surface area contributed by atoms with E-state index in [0.717, 1.165) is 46.5 Å². The molecule has 2 aliphatic heterocycles. The van der Waals surface area contributed by atoms with Gasteiger partial charge in [0.15, 0.2) is 5.78 Å². The van der Waals surface area contributed by atoms with Gasteiger partial charge < -0.3 is 4.74 Å². The third kappa shape index (κ3) is 3.05. The van der Waals surface area contributed by atoms with Crippen LogP contribution in [0.5, 0.6) is 0 Å². The highest BCUT2D eigenvalue weighted by Crippen LogP contribution is 2.28. The summed E-state index contributed by atoms with van der Waals surface area (Å²) in [5.41, 5.74) is 3.83.